The minimum atomic E-state index is -0.553. The lowest BCUT2D eigenvalue weighted by atomic mass is 10.0. The van der Waals surface area contributed by atoms with E-state index in [4.69, 9.17) is 9.47 Å². The average molecular weight is 351 g/mol. The predicted molar refractivity (Wildman–Crippen MR) is 99.3 cm³/mol. The minimum Gasteiger partial charge on any atom is -0.497 e. The van der Waals surface area contributed by atoms with Crippen LogP contribution in [0.1, 0.15) is 10.4 Å². The van der Waals surface area contributed by atoms with Gasteiger partial charge in [-0.1, -0.05) is 24.3 Å². The fourth-order valence-electron chi connectivity index (χ4n) is 2.62. The number of halogens is 1. The van der Waals surface area contributed by atoms with E-state index < -0.39 is 11.7 Å². The van der Waals surface area contributed by atoms with Crippen LogP contribution in [0.15, 0.2) is 66.7 Å². The number of carbonyl (C=O) groups excluding carboxylic acids is 1. The first kappa shape index (κ1) is 17.5. The van der Waals surface area contributed by atoms with Crippen LogP contribution in [-0.2, 0) is 0 Å². The van der Waals surface area contributed by atoms with Crippen LogP contribution in [0.2, 0.25) is 0 Å². The maximum absolute atomic E-state index is 13.7. The number of benzene rings is 3. The van der Waals surface area contributed by atoms with Crippen molar-refractivity contribution in [2.75, 3.05) is 19.5 Å². The molecule has 1 amide bonds. The van der Waals surface area contributed by atoms with E-state index in [0.29, 0.717) is 11.4 Å². The molecule has 0 heterocycles. The summed E-state index contributed by atoms with van der Waals surface area (Å²) in [6, 6.07) is 18.6. The molecule has 0 unspecified atom stereocenters. The van der Waals surface area contributed by atoms with Gasteiger partial charge in [-0.05, 0) is 48.0 Å². The summed E-state index contributed by atoms with van der Waals surface area (Å²) in [6.45, 7) is 0. The molecule has 0 aromatic heterocycles. The Hall–Kier alpha value is -3.34. The Balaban J connectivity index is 1.83. The second kappa shape index (κ2) is 7.70. The molecule has 5 heteroatoms. The van der Waals surface area contributed by atoms with Crippen LogP contribution in [0.4, 0.5) is 10.1 Å². The van der Waals surface area contributed by atoms with Crippen molar-refractivity contribution >= 4 is 11.6 Å². The van der Waals surface area contributed by atoms with Crippen LogP contribution < -0.4 is 14.8 Å². The molecule has 132 valence electrons. The predicted octanol–water partition coefficient (Wildman–Crippen LogP) is 4.76. The number of ether oxygens (including phenoxy) is 2. The van der Waals surface area contributed by atoms with E-state index in [1.165, 1.54) is 12.1 Å². The van der Waals surface area contributed by atoms with Gasteiger partial charge in [0.15, 0.2) is 0 Å². The minimum absolute atomic E-state index is 0.00559. The maximum Gasteiger partial charge on any atom is 0.258 e. The van der Waals surface area contributed by atoms with Crippen molar-refractivity contribution in [2.45, 2.75) is 0 Å². The molecule has 4 nitrogen and oxygen atoms in total. The summed E-state index contributed by atoms with van der Waals surface area (Å²) in [5, 5.41) is 2.69. The third-order valence-corrected chi connectivity index (χ3v) is 3.98. The first-order valence-electron chi connectivity index (χ1n) is 8.00. The van der Waals surface area contributed by atoms with Gasteiger partial charge in [0.05, 0.1) is 19.8 Å². The number of nitrogens with one attached hydrogen (secondary N) is 1. The normalized spacial score (nSPS) is 10.3. The molecule has 0 aliphatic rings. The van der Waals surface area contributed by atoms with Crippen LogP contribution >= 0.6 is 0 Å². The molecule has 3 rings (SSSR count). The highest BCUT2D eigenvalue weighted by Crippen LogP contribution is 2.33. The van der Waals surface area contributed by atoms with Gasteiger partial charge in [0.1, 0.15) is 17.3 Å². The van der Waals surface area contributed by atoms with Gasteiger partial charge < -0.3 is 14.8 Å². The number of methoxy groups -OCH3 is 2. The van der Waals surface area contributed by atoms with Crippen LogP contribution in [0.3, 0.4) is 0 Å². The van der Waals surface area contributed by atoms with Crippen molar-refractivity contribution in [1.82, 2.24) is 0 Å². The van der Waals surface area contributed by atoms with Crippen LogP contribution in [-0.4, -0.2) is 20.1 Å². The summed E-state index contributed by atoms with van der Waals surface area (Å²) in [5.41, 5.74) is 2.36. The third kappa shape index (κ3) is 3.67. The van der Waals surface area contributed by atoms with Crippen molar-refractivity contribution in [2.24, 2.45) is 0 Å². The molecule has 0 saturated carbocycles. The number of anilines is 1. The van der Waals surface area contributed by atoms with E-state index in [0.717, 1.165) is 16.9 Å². The molecule has 0 atom stereocenters. The van der Waals surface area contributed by atoms with Crippen LogP contribution in [0.25, 0.3) is 11.1 Å². The van der Waals surface area contributed by atoms with E-state index in [1.54, 1.807) is 38.5 Å². The highest BCUT2D eigenvalue weighted by atomic mass is 19.1. The van der Waals surface area contributed by atoms with Crippen molar-refractivity contribution < 1.29 is 18.7 Å². The Morgan fingerprint density at radius 3 is 2.31 bits per heavy atom. The van der Waals surface area contributed by atoms with Crippen LogP contribution in [0.5, 0.6) is 11.5 Å². The summed E-state index contributed by atoms with van der Waals surface area (Å²) >= 11 is 0. The molecule has 0 fully saturated rings. The molecular formula is C21H18FNO3. The lowest BCUT2D eigenvalue weighted by molar-refractivity contribution is 0.102. The van der Waals surface area contributed by atoms with Gasteiger partial charge in [0, 0.05) is 11.3 Å². The summed E-state index contributed by atoms with van der Waals surface area (Å²) < 4.78 is 24.4. The lowest BCUT2D eigenvalue weighted by Gasteiger charge is -2.12. The number of hydrogen-bond acceptors (Lipinski definition) is 3. The number of carbonyl (C=O) groups is 1. The van der Waals surface area contributed by atoms with Crippen molar-refractivity contribution in [1.29, 1.82) is 0 Å². The van der Waals surface area contributed by atoms with Gasteiger partial charge in [-0.25, -0.2) is 4.39 Å². The molecule has 0 spiro atoms. The quantitative estimate of drug-likeness (QED) is 0.721. The molecule has 0 bridgehead atoms. The van der Waals surface area contributed by atoms with Gasteiger partial charge in [-0.15, -0.1) is 0 Å². The van der Waals surface area contributed by atoms with E-state index in [9.17, 15) is 9.18 Å². The summed E-state index contributed by atoms with van der Waals surface area (Å²) in [6.07, 6.45) is 0. The molecule has 0 saturated heterocycles. The Morgan fingerprint density at radius 1 is 0.923 bits per heavy atom. The zero-order valence-electron chi connectivity index (χ0n) is 14.5. The fraction of sp³-hybridized carbons (Fsp3) is 0.0952. The molecule has 3 aromatic rings. The molecular weight excluding hydrogens is 333 g/mol. The van der Waals surface area contributed by atoms with Gasteiger partial charge in [0.2, 0.25) is 0 Å². The lowest BCUT2D eigenvalue weighted by Crippen LogP contribution is -2.13. The zero-order chi connectivity index (χ0) is 18.5. The maximum atomic E-state index is 13.7. The number of amides is 1. The monoisotopic (exact) mass is 351 g/mol. The van der Waals surface area contributed by atoms with Gasteiger partial charge >= 0.3 is 0 Å². The second-order valence-corrected chi connectivity index (χ2v) is 5.58. The molecule has 3 aromatic carbocycles. The van der Waals surface area contributed by atoms with E-state index >= 15 is 0 Å². The third-order valence-electron chi connectivity index (χ3n) is 3.98. The smallest absolute Gasteiger partial charge is 0.258 e. The first-order valence-corrected chi connectivity index (χ1v) is 8.00. The first-order chi connectivity index (χ1) is 12.6. The number of hydrogen-bond donors (Lipinski definition) is 1. The van der Waals surface area contributed by atoms with Gasteiger partial charge in [-0.3, -0.25) is 4.79 Å². The van der Waals surface area contributed by atoms with E-state index in [-0.39, 0.29) is 5.56 Å². The molecule has 0 aliphatic carbocycles. The van der Waals surface area contributed by atoms with E-state index in [1.807, 2.05) is 30.3 Å². The molecule has 0 aliphatic heterocycles. The SMILES string of the molecule is COc1ccc(OC)c(-c2ccc(NC(=O)c3ccccc3F)cc2)c1. The Kier molecular flexibility index (Phi) is 5.17. The van der Waals surface area contributed by atoms with Crippen molar-refractivity contribution in [3.63, 3.8) is 0 Å². The summed E-state index contributed by atoms with van der Waals surface area (Å²) in [4.78, 5) is 12.2. The Bertz CT molecular complexity index is 923. The standard InChI is InChI=1S/C21H18FNO3/c1-25-16-11-12-20(26-2)18(13-16)14-7-9-15(10-8-14)23-21(24)17-5-3-4-6-19(17)22/h3-13H,1-2H3,(H,23,24). The van der Waals surface area contributed by atoms with Crippen molar-refractivity contribution in [3.05, 3.63) is 78.1 Å². The largest absolute Gasteiger partial charge is 0.497 e. The van der Waals surface area contributed by atoms with Gasteiger partial charge in [-0.2, -0.15) is 0 Å². The zero-order valence-corrected chi connectivity index (χ0v) is 14.5. The molecule has 0 radical (unpaired) electrons. The average Bonchev–Trinajstić information content (AvgIpc) is 2.68. The number of rotatable bonds is 5. The van der Waals surface area contributed by atoms with Gasteiger partial charge in [0.25, 0.3) is 5.91 Å². The van der Waals surface area contributed by atoms with Crippen LogP contribution in [0, 0.1) is 5.82 Å². The Morgan fingerprint density at radius 2 is 1.65 bits per heavy atom. The highest BCUT2D eigenvalue weighted by Gasteiger charge is 2.12. The fourth-order valence-corrected chi connectivity index (χ4v) is 2.62. The Labute approximate surface area is 151 Å². The molecule has 1 N–H and O–H groups in total. The summed E-state index contributed by atoms with van der Waals surface area (Å²) in [7, 11) is 3.21. The van der Waals surface area contributed by atoms with Crippen molar-refractivity contribution in [3.8, 4) is 22.6 Å². The second-order valence-electron chi connectivity index (χ2n) is 5.58. The highest BCUT2D eigenvalue weighted by molar-refractivity contribution is 6.04. The topological polar surface area (TPSA) is 47.6 Å². The molecule has 26 heavy (non-hydrogen) atoms. The van der Waals surface area contributed by atoms with E-state index in [2.05, 4.69) is 5.32 Å². The summed E-state index contributed by atoms with van der Waals surface area (Å²) in [5.74, 6) is 0.393.